The Balaban J connectivity index is 1.69. The van der Waals surface area contributed by atoms with Crippen LogP contribution in [0.25, 0.3) is 0 Å². The first-order valence-electron chi connectivity index (χ1n) is 14.7. The number of nitrogens with one attached hydrogen (secondary N) is 1. The van der Waals surface area contributed by atoms with Gasteiger partial charge in [0, 0.05) is 12.6 Å². The molecule has 1 fully saturated rings. The van der Waals surface area contributed by atoms with Crippen molar-refractivity contribution in [3.63, 3.8) is 0 Å². The largest absolute Gasteiger partial charge is 0.497 e. The highest BCUT2D eigenvalue weighted by Gasteiger charge is 2.34. The van der Waals surface area contributed by atoms with Crippen LogP contribution in [0.3, 0.4) is 0 Å². The lowest BCUT2D eigenvalue weighted by atomic mass is 9.95. The lowest BCUT2D eigenvalue weighted by Crippen LogP contribution is -2.54. The van der Waals surface area contributed by atoms with Crippen LogP contribution in [0.15, 0.2) is 83.8 Å². The summed E-state index contributed by atoms with van der Waals surface area (Å²) in [5.74, 6) is 0.419. The van der Waals surface area contributed by atoms with E-state index in [4.69, 9.17) is 9.47 Å². The second-order valence-electron chi connectivity index (χ2n) is 10.7. The Morgan fingerprint density at radius 2 is 1.56 bits per heavy atom. The van der Waals surface area contributed by atoms with E-state index in [0.29, 0.717) is 23.6 Å². The lowest BCUT2D eigenvalue weighted by molar-refractivity contribution is -0.140. The number of methoxy groups -OCH3 is 2. The standard InChI is InChI=1S/C33H41N3O6S/c1-4-31(33(38)34-26-13-7-5-8-14-26)35(23-25-12-11-17-29(22-25)42-3)32(37)24-36(27-15-9-6-10-16-27)43(39,40)30-20-18-28(41-2)19-21-30/h6,9-12,15-22,26,31H,4-5,7-8,13-14,23-24H2,1-3H3,(H,34,38)/t31-/m1/s1. The quantitative estimate of drug-likeness (QED) is 0.288. The van der Waals surface area contributed by atoms with Crippen LogP contribution in [-0.2, 0) is 26.2 Å². The van der Waals surface area contributed by atoms with Crippen molar-refractivity contribution < 1.29 is 27.5 Å². The third-order valence-corrected chi connectivity index (χ3v) is 9.58. The van der Waals surface area contributed by atoms with Gasteiger partial charge < -0.3 is 19.7 Å². The fourth-order valence-corrected chi connectivity index (χ4v) is 6.84. The van der Waals surface area contributed by atoms with Crippen molar-refractivity contribution in [2.45, 2.75) is 69.0 Å². The average molecular weight is 608 g/mol. The van der Waals surface area contributed by atoms with E-state index in [1.54, 1.807) is 55.6 Å². The predicted molar refractivity (Wildman–Crippen MR) is 167 cm³/mol. The maximum Gasteiger partial charge on any atom is 0.264 e. The summed E-state index contributed by atoms with van der Waals surface area (Å²) in [4.78, 5) is 29.4. The van der Waals surface area contributed by atoms with E-state index in [-0.39, 0.29) is 23.4 Å². The third-order valence-electron chi connectivity index (χ3n) is 7.80. The summed E-state index contributed by atoms with van der Waals surface area (Å²) in [6, 6.07) is 21.1. The molecule has 1 saturated carbocycles. The molecule has 0 saturated heterocycles. The van der Waals surface area contributed by atoms with Gasteiger partial charge in [-0.2, -0.15) is 0 Å². The Morgan fingerprint density at radius 1 is 0.884 bits per heavy atom. The fraction of sp³-hybridized carbons (Fsp3) is 0.394. The van der Waals surface area contributed by atoms with Gasteiger partial charge in [0.05, 0.1) is 24.8 Å². The van der Waals surface area contributed by atoms with Crippen LogP contribution < -0.4 is 19.1 Å². The molecule has 43 heavy (non-hydrogen) atoms. The monoisotopic (exact) mass is 607 g/mol. The molecule has 3 aromatic rings. The Bertz CT molecular complexity index is 1460. The van der Waals surface area contributed by atoms with Crippen LogP contribution in [0.4, 0.5) is 5.69 Å². The summed E-state index contributed by atoms with van der Waals surface area (Å²) in [7, 11) is -1.09. The number of amides is 2. The number of hydrogen-bond donors (Lipinski definition) is 1. The zero-order chi connectivity index (χ0) is 30.8. The summed E-state index contributed by atoms with van der Waals surface area (Å²) in [5, 5.41) is 3.16. The Morgan fingerprint density at radius 3 is 2.19 bits per heavy atom. The summed E-state index contributed by atoms with van der Waals surface area (Å²) < 4.78 is 39.7. The maximum absolute atomic E-state index is 14.2. The molecule has 0 aliphatic heterocycles. The minimum Gasteiger partial charge on any atom is -0.497 e. The summed E-state index contributed by atoms with van der Waals surface area (Å²) in [5.41, 5.74) is 1.11. The average Bonchev–Trinajstić information content (AvgIpc) is 3.04. The molecule has 1 atom stereocenters. The molecule has 4 rings (SSSR count). The number of rotatable bonds is 13. The molecule has 230 valence electrons. The predicted octanol–water partition coefficient (Wildman–Crippen LogP) is 5.16. The molecule has 0 unspecified atom stereocenters. The van der Waals surface area contributed by atoms with Crippen molar-refractivity contribution >= 4 is 27.5 Å². The molecule has 1 N–H and O–H groups in total. The third kappa shape index (κ3) is 8.07. The van der Waals surface area contributed by atoms with Gasteiger partial charge in [0.1, 0.15) is 24.1 Å². The molecule has 3 aromatic carbocycles. The number of nitrogens with zero attached hydrogens (tertiary/aromatic N) is 2. The van der Waals surface area contributed by atoms with Crippen molar-refractivity contribution in [2.24, 2.45) is 0 Å². The topological polar surface area (TPSA) is 105 Å². The van der Waals surface area contributed by atoms with E-state index in [2.05, 4.69) is 5.32 Å². The number of carbonyl (C=O) groups excluding carboxylic acids is 2. The molecule has 1 aliphatic carbocycles. The van der Waals surface area contributed by atoms with Crippen LogP contribution in [0, 0.1) is 0 Å². The highest BCUT2D eigenvalue weighted by Crippen LogP contribution is 2.26. The number of hydrogen-bond acceptors (Lipinski definition) is 6. The number of anilines is 1. The van der Waals surface area contributed by atoms with Gasteiger partial charge in [0.2, 0.25) is 11.8 Å². The first kappa shape index (κ1) is 31.9. The van der Waals surface area contributed by atoms with E-state index >= 15 is 0 Å². The van der Waals surface area contributed by atoms with Crippen molar-refractivity contribution in [2.75, 3.05) is 25.1 Å². The van der Waals surface area contributed by atoms with Gasteiger partial charge in [-0.25, -0.2) is 8.42 Å². The second kappa shape index (κ2) is 14.9. The van der Waals surface area contributed by atoms with Gasteiger partial charge in [-0.1, -0.05) is 56.5 Å². The number of benzene rings is 3. The molecular formula is C33H41N3O6S. The van der Waals surface area contributed by atoms with Crippen LogP contribution in [0.1, 0.15) is 51.0 Å². The van der Waals surface area contributed by atoms with Gasteiger partial charge in [0.25, 0.3) is 10.0 Å². The Hall–Kier alpha value is -4.05. The second-order valence-corrected chi connectivity index (χ2v) is 12.5. The Kier molecular flexibility index (Phi) is 11.1. The number of ether oxygens (including phenoxy) is 2. The highest BCUT2D eigenvalue weighted by molar-refractivity contribution is 7.92. The van der Waals surface area contributed by atoms with E-state index in [1.807, 2.05) is 25.1 Å². The first-order valence-corrected chi connectivity index (χ1v) is 16.2. The van der Waals surface area contributed by atoms with Gasteiger partial charge >= 0.3 is 0 Å². The molecule has 0 aromatic heterocycles. The highest BCUT2D eigenvalue weighted by atomic mass is 32.2. The van der Waals surface area contributed by atoms with Crippen molar-refractivity contribution in [1.29, 1.82) is 0 Å². The van der Waals surface area contributed by atoms with E-state index in [9.17, 15) is 18.0 Å². The molecule has 2 amide bonds. The van der Waals surface area contributed by atoms with Crippen molar-refractivity contribution in [3.05, 3.63) is 84.4 Å². The normalized spacial score (nSPS) is 14.4. The van der Waals surface area contributed by atoms with Crippen molar-refractivity contribution in [1.82, 2.24) is 10.2 Å². The molecule has 0 spiro atoms. The van der Waals surface area contributed by atoms with Gasteiger partial charge in [-0.15, -0.1) is 0 Å². The Labute approximate surface area is 254 Å². The molecule has 0 heterocycles. The van der Waals surface area contributed by atoms with Crippen LogP contribution >= 0.6 is 0 Å². The minimum atomic E-state index is -4.16. The summed E-state index contributed by atoms with van der Waals surface area (Å²) in [6.45, 7) is 1.48. The zero-order valence-electron chi connectivity index (χ0n) is 25.1. The zero-order valence-corrected chi connectivity index (χ0v) is 25.9. The molecule has 0 bridgehead atoms. The smallest absolute Gasteiger partial charge is 0.264 e. The van der Waals surface area contributed by atoms with Gasteiger partial charge in [-0.3, -0.25) is 13.9 Å². The molecule has 9 nitrogen and oxygen atoms in total. The number of carbonyl (C=O) groups is 2. The number of para-hydroxylation sites is 1. The van der Waals surface area contributed by atoms with Crippen molar-refractivity contribution in [3.8, 4) is 11.5 Å². The first-order chi connectivity index (χ1) is 20.8. The summed E-state index contributed by atoms with van der Waals surface area (Å²) >= 11 is 0. The lowest BCUT2D eigenvalue weighted by Gasteiger charge is -2.34. The molecule has 0 radical (unpaired) electrons. The molecule has 10 heteroatoms. The van der Waals surface area contributed by atoms with Gasteiger partial charge in [-0.05, 0) is 73.4 Å². The van der Waals surface area contributed by atoms with Crippen LogP contribution in [0.5, 0.6) is 11.5 Å². The number of sulfonamides is 1. The van der Waals surface area contributed by atoms with E-state index < -0.39 is 28.5 Å². The van der Waals surface area contributed by atoms with E-state index in [1.165, 1.54) is 24.1 Å². The van der Waals surface area contributed by atoms with Crippen LogP contribution in [-0.4, -0.2) is 58.0 Å². The van der Waals surface area contributed by atoms with Crippen LogP contribution in [0.2, 0.25) is 0 Å². The minimum absolute atomic E-state index is 0.0198. The van der Waals surface area contributed by atoms with Gasteiger partial charge in [0.15, 0.2) is 0 Å². The SMILES string of the molecule is CC[C@H](C(=O)NC1CCCCC1)N(Cc1cccc(OC)c1)C(=O)CN(c1ccccc1)S(=O)(=O)c1ccc(OC)cc1. The van der Waals surface area contributed by atoms with E-state index in [0.717, 1.165) is 42.0 Å². The summed E-state index contributed by atoms with van der Waals surface area (Å²) in [6.07, 6.45) is 5.46. The molecule has 1 aliphatic rings. The fourth-order valence-electron chi connectivity index (χ4n) is 5.43. The molecular weight excluding hydrogens is 566 g/mol. The maximum atomic E-state index is 14.2.